The third-order valence-electron chi connectivity index (χ3n) is 3.01. The Hall–Kier alpha value is -1.87. The molecular weight excluding hydrogens is 248 g/mol. The van der Waals surface area contributed by atoms with Crippen molar-refractivity contribution in [1.29, 1.82) is 0 Å². The lowest BCUT2D eigenvalue weighted by atomic mass is 10.1. The Kier molecular flexibility index (Phi) is 2.38. The van der Waals surface area contributed by atoms with Crippen molar-refractivity contribution < 1.29 is 4.79 Å². The number of nitrogens with zero attached hydrogens (tertiary/aromatic N) is 1. The summed E-state index contributed by atoms with van der Waals surface area (Å²) in [5.41, 5.74) is 2.37. The normalized spacial score (nSPS) is 21.9. The average molecular weight is 259 g/mol. The van der Waals surface area contributed by atoms with Crippen molar-refractivity contribution in [2.45, 2.75) is 11.8 Å². The molecular formula is C14H11ClN2O. The van der Waals surface area contributed by atoms with E-state index in [0.717, 1.165) is 27.9 Å². The Morgan fingerprint density at radius 3 is 3.06 bits per heavy atom. The fourth-order valence-electron chi connectivity index (χ4n) is 2.13. The summed E-state index contributed by atoms with van der Waals surface area (Å²) in [6.07, 6.45) is 6.32. The monoisotopic (exact) mass is 258 g/mol. The standard InChI is InChI=1S/C14H11ClN2O/c1-14(15)4-5-16-13-11(7-14)10-6-9(8-18)2-3-12(10)17-13/h2-8H,1H3,(H,16,17). The lowest BCUT2D eigenvalue weighted by Gasteiger charge is -2.08. The molecule has 1 unspecified atom stereocenters. The molecule has 0 saturated heterocycles. The third kappa shape index (κ3) is 1.77. The van der Waals surface area contributed by atoms with Crippen LogP contribution >= 0.6 is 11.6 Å². The van der Waals surface area contributed by atoms with Gasteiger partial charge in [0.1, 0.15) is 11.8 Å². The highest BCUT2D eigenvalue weighted by Gasteiger charge is 2.16. The molecule has 3 rings (SSSR count). The fourth-order valence-corrected chi connectivity index (χ4v) is 2.29. The van der Waals surface area contributed by atoms with Crippen LogP contribution in [0, 0.1) is 0 Å². The van der Waals surface area contributed by atoms with Crippen molar-refractivity contribution in [2.24, 2.45) is 4.99 Å². The van der Waals surface area contributed by atoms with Gasteiger partial charge in [0.25, 0.3) is 0 Å². The molecule has 0 saturated carbocycles. The number of halogens is 1. The van der Waals surface area contributed by atoms with Gasteiger partial charge >= 0.3 is 0 Å². The molecule has 0 spiro atoms. The number of nitrogens with one attached hydrogen (secondary N) is 1. The van der Waals surface area contributed by atoms with Gasteiger partial charge in [0.15, 0.2) is 0 Å². The molecule has 90 valence electrons. The van der Waals surface area contributed by atoms with Crippen LogP contribution < -0.4 is 10.7 Å². The highest BCUT2D eigenvalue weighted by Crippen LogP contribution is 2.19. The van der Waals surface area contributed by atoms with E-state index in [1.165, 1.54) is 0 Å². The van der Waals surface area contributed by atoms with Gasteiger partial charge in [-0.15, -0.1) is 11.6 Å². The van der Waals surface area contributed by atoms with Gasteiger partial charge in [0, 0.05) is 27.9 Å². The molecule has 1 aromatic heterocycles. The van der Waals surface area contributed by atoms with Crippen LogP contribution in [0.15, 0.2) is 35.5 Å². The number of hydrogen-bond donors (Lipinski definition) is 1. The van der Waals surface area contributed by atoms with E-state index in [2.05, 4.69) is 9.98 Å². The molecule has 0 radical (unpaired) electrons. The van der Waals surface area contributed by atoms with Gasteiger partial charge in [-0.05, 0) is 37.3 Å². The van der Waals surface area contributed by atoms with Crippen molar-refractivity contribution in [3.8, 4) is 0 Å². The molecule has 3 nitrogen and oxygen atoms in total. The van der Waals surface area contributed by atoms with Crippen molar-refractivity contribution in [2.75, 3.05) is 0 Å². The van der Waals surface area contributed by atoms with E-state index >= 15 is 0 Å². The number of rotatable bonds is 1. The molecule has 2 aromatic rings. The molecule has 1 aromatic carbocycles. The van der Waals surface area contributed by atoms with E-state index in [1.54, 1.807) is 12.3 Å². The number of benzene rings is 1. The van der Waals surface area contributed by atoms with Crippen molar-refractivity contribution in [3.05, 3.63) is 46.7 Å². The second-order valence-electron chi connectivity index (χ2n) is 4.55. The maximum Gasteiger partial charge on any atom is 0.150 e. The Balaban J connectivity index is 2.47. The summed E-state index contributed by atoms with van der Waals surface area (Å²) >= 11 is 6.35. The maximum absolute atomic E-state index is 10.9. The molecule has 0 aliphatic carbocycles. The van der Waals surface area contributed by atoms with Crippen LogP contribution in [0.2, 0.25) is 0 Å². The SMILES string of the molecule is CC1(Cl)C=CN=c2[nH]c3ccc(C=O)cc3c2=C1. The van der Waals surface area contributed by atoms with E-state index in [0.29, 0.717) is 5.56 Å². The number of alkyl halides is 1. The fraction of sp³-hybridized carbons (Fsp3) is 0.143. The Morgan fingerprint density at radius 1 is 1.44 bits per heavy atom. The molecule has 2 heterocycles. The van der Waals surface area contributed by atoms with E-state index in [9.17, 15) is 4.79 Å². The molecule has 0 amide bonds. The van der Waals surface area contributed by atoms with Crippen LogP contribution in [0.3, 0.4) is 0 Å². The minimum Gasteiger partial charge on any atom is -0.339 e. The highest BCUT2D eigenvalue weighted by molar-refractivity contribution is 6.28. The van der Waals surface area contributed by atoms with Crippen LogP contribution in [-0.2, 0) is 0 Å². The van der Waals surface area contributed by atoms with Crippen molar-refractivity contribution >= 4 is 34.9 Å². The van der Waals surface area contributed by atoms with E-state index in [4.69, 9.17) is 11.6 Å². The first-order valence-corrected chi connectivity index (χ1v) is 6.01. The van der Waals surface area contributed by atoms with Gasteiger partial charge in [0.2, 0.25) is 0 Å². The summed E-state index contributed by atoms with van der Waals surface area (Å²) in [7, 11) is 0. The number of aromatic nitrogens is 1. The molecule has 1 N–H and O–H groups in total. The van der Waals surface area contributed by atoms with E-state index in [1.807, 2.05) is 31.2 Å². The number of hydrogen-bond acceptors (Lipinski definition) is 2. The maximum atomic E-state index is 10.9. The summed E-state index contributed by atoms with van der Waals surface area (Å²) in [4.78, 5) is 17.8. The van der Waals surface area contributed by atoms with E-state index in [-0.39, 0.29) is 0 Å². The zero-order chi connectivity index (χ0) is 12.8. The van der Waals surface area contributed by atoms with Crippen LogP contribution in [0.4, 0.5) is 0 Å². The van der Waals surface area contributed by atoms with Crippen LogP contribution in [0.1, 0.15) is 17.3 Å². The summed E-state index contributed by atoms with van der Waals surface area (Å²) < 4.78 is 0. The molecule has 18 heavy (non-hydrogen) atoms. The second-order valence-corrected chi connectivity index (χ2v) is 5.36. The first-order chi connectivity index (χ1) is 8.59. The number of carbonyl (C=O) groups is 1. The van der Waals surface area contributed by atoms with E-state index < -0.39 is 4.87 Å². The van der Waals surface area contributed by atoms with Gasteiger partial charge in [-0.2, -0.15) is 0 Å². The zero-order valence-corrected chi connectivity index (χ0v) is 10.5. The summed E-state index contributed by atoms with van der Waals surface area (Å²) in [6, 6.07) is 5.51. The predicted octanol–water partition coefficient (Wildman–Crippen LogP) is 1.91. The topological polar surface area (TPSA) is 45.2 Å². The summed E-state index contributed by atoms with van der Waals surface area (Å²) in [5, 5.41) is 1.91. The lowest BCUT2D eigenvalue weighted by molar-refractivity contribution is 0.112. The van der Waals surface area contributed by atoms with Crippen LogP contribution in [0.25, 0.3) is 17.0 Å². The van der Waals surface area contributed by atoms with Gasteiger partial charge in [-0.1, -0.05) is 0 Å². The van der Waals surface area contributed by atoms with Gasteiger partial charge in [-0.3, -0.25) is 4.79 Å². The number of fused-ring (bicyclic) bond motifs is 3. The number of aldehydes is 1. The summed E-state index contributed by atoms with van der Waals surface area (Å²) in [5.74, 6) is 0. The zero-order valence-electron chi connectivity index (χ0n) is 9.77. The van der Waals surface area contributed by atoms with Gasteiger partial charge in [0.05, 0.1) is 4.87 Å². The number of carbonyl (C=O) groups excluding carboxylic acids is 1. The molecule has 0 fully saturated rings. The van der Waals surface area contributed by atoms with Gasteiger partial charge in [-0.25, -0.2) is 4.99 Å². The van der Waals surface area contributed by atoms with Crippen LogP contribution in [0.5, 0.6) is 0 Å². The molecule has 1 atom stereocenters. The van der Waals surface area contributed by atoms with Crippen molar-refractivity contribution in [3.63, 3.8) is 0 Å². The third-order valence-corrected chi connectivity index (χ3v) is 3.24. The van der Waals surface area contributed by atoms with Crippen molar-refractivity contribution in [1.82, 2.24) is 4.98 Å². The number of H-pyrrole nitrogens is 1. The Morgan fingerprint density at radius 2 is 2.28 bits per heavy atom. The minimum atomic E-state index is -0.568. The minimum absolute atomic E-state index is 0.568. The quantitative estimate of drug-likeness (QED) is 0.616. The Bertz CT molecular complexity index is 784. The number of allylic oxidation sites excluding steroid dienone is 1. The first-order valence-electron chi connectivity index (χ1n) is 5.63. The Labute approximate surface area is 108 Å². The lowest BCUT2D eigenvalue weighted by Crippen LogP contribution is -2.25. The first kappa shape index (κ1) is 11.2. The smallest absolute Gasteiger partial charge is 0.150 e. The molecule has 1 aliphatic heterocycles. The van der Waals surface area contributed by atoms with Crippen LogP contribution in [-0.4, -0.2) is 16.1 Å². The largest absolute Gasteiger partial charge is 0.339 e. The van der Waals surface area contributed by atoms with Gasteiger partial charge < -0.3 is 4.98 Å². The average Bonchev–Trinajstić information content (AvgIpc) is 2.57. The number of aromatic amines is 1. The molecule has 1 aliphatic rings. The molecule has 0 bridgehead atoms. The summed E-state index contributed by atoms with van der Waals surface area (Å²) in [6.45, 7) is 1.90. The second kappa shape index (κ2) is 3.82. The predicted molar refractivity (Wildman–Crippen MR) is 72.3 cm³/mol. The molecule has 4 heteroatoms. The highest BCUT2D eigenvalue weighted by atomic mass is 35.5.